The largest absolute Gasteiger partial charge is 0.497 e. The molecule has 1 heterocycles. The number of sulfonamides is 1. The van der Waals surface area contributed by atoms with Gasteiger partial charge in [0.25, 0.3) is 0 Å². The van der Waals surface area contributed by atoms with Crippen molar-refractivity contribution in [1.82, 2.24) is 14.5 Å². The third-order valence-electron chi connectivity index (χ3n) is 4.92. The summed E-state index contributed by atoms with van der Waals surface area (Å²) in [6, 6.07) is 10.3. The van der Waals surface area contributed by atoms with Crippen LogP contribution in [0.1, 0.15) is 11.1 Å². The lowest BCUT2D eigenvalue weighted by atomic mass is 10.2. The van der Waals surface area contributed by atoms with Gasteiger partial charge in [0.2, 0.25) is 10.0 Å². The van der Waals surface area contributed by atoms with Crippen LogP contribution in [0.3, 0.4) is 0 Å². The van der Waals surface area contributed by atoms with Crippen LogP contribution in [0.2, 0.25) is 0 Å². The van der Waals surface area contributed by atoms with Gasteiger partial charge < -0.3 is 15.0 Å². The number of halogens is 3. The number of hydrogen-bond donors (Lipinski definition) is 1. The van der Waals surface area contributed by atoms with E-state index in [9.17, 15) is 26.4 Å². The van der Waals surface area contributed by atoms with Crippen LogP contribution >= 0.6 is 0 Å². The smallest absolute Gasteiger partial charge is 0.416 e. The standard InChI is InChI=1S/C20H22F3N3O4S/c1-30-17-4-2-3-15(13-17)14-24-19(27)25-9-11-26(12-10-25)31(28,29)18-7-5-16(6-8-18)20(21,22)23/h2-8,13H,9-12,14H2,1H3,(H,24,27). The zero-order chi connectivity index (χ0) is 22.6. The number of rotatable bonds is 5. The topological polar surface area (TPSA) is 79.0 Å². The van der Waals surface area contributed by atoms with E-state index in [2.05, 4.69) is 5.32 Å². The quantitative estimate of drug-likeness (QED) is 0.749. The number of piperazine rings is 1. The van der Waals surface area contributed by atoms with Crippen molar-refractivity contribution >= 4 is 16.1 Å². The number of hydrogen-bond acceptors (Lipinski definition) is 4. The van der Waals surface area contributed by atoms with Crippen LogP contribution in [0.5, 0.6) is 5.75 Å². The van der Waals surface area contributed by atoms with Crippen molar-refractivity contribution in [3.05, 3.63) is 59.7 Å². The first-order valence-corrected chi connectivity index (χ1v) is 10.9. The van der Waals surface area contributed by atoms with Crippen LogP contribution in [0, 0.1) is 0 Å². The van der Waals surface area contributed by atoms with Gasteiger partial charge in [-0.2, -0.15) is 17.5 Å². The third-order valence-corrected chi connectivity index (χ3v) is 6.84. The molecule has 0 saturated carbocycles. The van der Waals surface area contributed by atoms with Crippen molar-refractivity contribution in [3.63, 3.8) is 0 Å². The second kappa shape index (κ2) is 9.15. The van der Waals surface area contributed by atoms with Crippen LogP contribution in [-0.4, -0.2) is 56.9 Å². The highest BCUT2D eigenvalue weighted by molar-refractivity contribution is 7.89. The number of methoxy groups -OCH3 is 1. The molecule has 168 valence electrons. The van der Waals surface area contributed by atoms with E-state index in [1.54, 1.807) is 19.2 Å². The van der Waals surface area contributed by atoms with Gasteiger partial charge in [0, 0.05) is 32.7 Å². The van der Waals surface area contributed by atoms with Gasteiger partial charge in [0.15, 0.2) is 0 Å². The Kier molecular flexibility index (Phi) is 6.75. The number of nitrogens with zero attached hydrogens (tertiary/aromatic N) is 2. The van der Waals surface area contributed by atoms with Gasteiger partial charge in [0.05, 0.1) is 17.6 Å². The molecule has 0 aromatic heterocycles. The van der Waals surface area contributed by atoms with Crippen molar-refractivity contribution < 1.29 is 31.1 Å². The lowest BCUT2D eigenvalue weighted by molar-refractivity contribution is -0.137. The molecule has 0 radical (unpaired) electrons. The zero-order valence-corrected chi connectivity index (χ0v) is 17.5. The van der Waals surface area contributed by atoms with E-state index in [0.29, 0.717) is 12.3 Å². The van der Waals surface area contributed by atoms with E-state index >= 15 is 0 Å². The van der Waals surface area contributed by atoms with E-state index in [0.717, 1.165) is 29.8 Å². The fourth-order valence-corrected chi connectivity index (χ4v) is 4.59. The predicted molar refractivity (Wildman–Crippen MR) is 107 cm³/mol. The maximum absolute atomic E-state index is 12.7. The summed E-state index contributed by atoms with van der Waals surface area (Å²) in [5.41, 5.74) is -0.0554. The molecule has 1 fully saturated rings. The monoisotopic (exact) mass is 457 g/mol. The highest BCUT2D eigenvalue weighted by Crippen LogP contribution is 2.30. The number of ether oxygens (including phenoxy) is 1. The van der Waals surface area contributed by atoms with Gasteiger partial charge in [-0.15, -0.1) is 0 Å². The van der Waals surface area contributed by atoms with Gasteiger partial charge in [-0.1, -0.05) is 12.1 Å². The van der Waals surface area contributed by atoms with Crippen molar-refractivity contribution in [2.75, 3.05) is 33.3 Å². The molecule has 3 rings (SSSR count). The molecule has 1 N–H and O–H groups in total. The normalized spacial score (nSPS) is 15.5. The molecular formula is C20H22F3N3O4S. The van der Waals surface area contributed by atoms with Crippen LogP contribution in [0.4, 0.5) is 18.0 Å². The Hall–Kier alpha value is -2.79. The Labute approximate surface area is 178 Å². The van der Waals surface area contributed by atoms with E-state index in [1.165, 1.54) is 9.21 Å². The van der Waals surface area contributed by atoms with E-state index in [-0.39, 0.29) is 37.1 Å². The Morgan fingerprint density at radius 2 is 1.71 bits per heavy atom. The maximum atomic E-state index is 12.7. The van der Waals surface area contributed by atoms with Crippen LogP contribution in [-0.2, 0) is 22.7 Å². The average molecular weight is 457 g/mol. The van der Waals surface area contributed by atoms with E-state index < -0.39 is 21.8 Å². The molecule has 1 aliphatic rings. The second-order valence-corrected chi connectivity index (χ2v) is 8.86. The van der Waals surface area contributed by atoms with E-state index in [4.69, 9.17) is 4.74 Å². The van der Waals surface area contributed by atoms with Crippen molar-refractivity contribution in [2.24, 2.45) is 0 Å². The summed E-state index contributed by atoms with van der Waals surface area (Å²) < 4.78 is 69.8. The number of carbonyl (C=O) groups excluding carboxylic acids is 1. The van der Waals surface area contributed by atoms with Gasteiger partial charge in [-0.25, -0.2) is 13.2 Å². The summed E-state index contributed by atoms with van der Waals surface area (Å²) in [4.78, 5) is 13.7. The number of carbonyl (C=O) groups is 1. The summed E-state index contributed by atoms with van der Waals surface area (Å²) in [7, 11) is -2.39. The second-order valence-electron chi connectivity index (χ2n) is 6.92. The highest BCUT2D eigenvalue weighted by Gasteiger charge is 2.33. The first-order chi connectivity index (χ1) is 14.6. The number of urea groups is 1. The molecule has 11 heteroatoms. The van der Waals surface area contributed by atoms with Gasteiger partial charge in [-0.3, -0.25) is 0 Å². The van der Waals surface area contributed by atoms with Crippen LogP contribution < -0.4 is 10.1 Å². The number of nitrogens with one attached hydrogen (secondary N) is 1. The maximum Gasteiger partial charge on any atom is 0.416 e. The summed E-state index contributed by atoms with van der Waals surface area (Å²) in [5, 5.41) is 2.78. The molecule has 7 nitrogen and oxygen atoms in total. The molecule has 1 aliphatic heterocycles. The van der Waals surface area contributed by atoms with Crippen LogP contribution in [0.25, 0.3) is 0 Å². The minimum Gasteiger partial charge on any atom is -0.497 e. The minimum absolute atomic E-state index is 0.0515. The predicted octanol–water partition coefficient (Wildman–Crippen LogP) is 2.93. The van der Waals surface area contributed by atoms with Gasteiger partial charge in [-0.05, 0) is 42.0 Å². The first kappa shape index (κ1) is 22.9. The molecule has 0 bridgehead atoms. The number of amides is 2. The molecule has 0 aliphatic carbocycles. The summed E-state index contributed by atoms with van der Waals surface area (Å²) in [6.07, 6.45) is -4.54. The van der Waals surface area contributed by atoms with E-state index in [1.807, 2.05) is 12.1 Å². The lowest BCUT2D eigenvalue weighted by Crippen LogP contribution is -2.52. The average Bonchev–Trinajstić information content (AvgIpc) is 2.77. The summed E-state index contributed by atoms with van der Waals surface area (Å²) in [5.74, 6) is 0.675. The van der Waals surface area contributed by atoms with Crippen molar-refractivity contribution in [2.45, 2.75) is 17.6 Å². The minimum atomic E-state index is -4.54. The fraction of sp³-hybridized carbons (Fsp3) is 0.350. The van der Waals surface area contributed by atoms with Crippen molar-refractivity contribution in [1.29, 1.82) is 0 Å². The molecule has 1 saturated heterocycles. The molecule has 2 aromatic carbocycles. The Balaban J connectivity index is 1.56. The zero-order valence-electron chi connectivity index (χ0n) is 16.7. The Morgan fingerprint density at radius 3 is 2.29 bits per heavy atom. The Morgan fingerprint density at radius 1 is 1.06 bits per heavy atom. The molecule has 0 atom stereocenters. The first-order valence-electron chi connectivity index (χ1n) is 9.44. The number of benzene rings is 2. The molecule has 0 unspecified atom stereocenters. The van der Waals surface area contributed by atoms with Gasteiger partial charge >= 0.3 is 12.2 Å². The SMILES string of the molecule is COc1cccc(CNC(=O)N2CCN(S(=O)(=O)c3ccc(C(F)(F)F)cc3)CC2)c1. The third kappa shape index (κ3) is 5.47. The Bertz CT molecular complexity index is 1020. The summed E-state index contributed by atoms with van der Waals surface area (Å²) in [6.45, 7) is 0.736. The lowest BCUT2D eigenvalue weighted by Gasteiger charge is -2.34. The van der Waals surface area contributed by atoms with Crippen molar-refractivity contribution in [3.8, 4) is 5.75 Å². The summed E-state index contributed by atoms with van der Waals surface area (Å²) >= 11 is 0. The number of alkyl halides is 3. The molecule has 0 spiro atoms. The highest BCUT2D eigenvalue weighted by atomic mass is 32.2. The molecular weight excluding hydrogens is 435 g/mol. The fourth-order valence-electron chi connectivity index (χ4n) is 3.17. The van der Waals surface area contributed by atoms with Gasteiger partial charge in [0.1, 0.15) is 5.75 Å². The van der Waals surface area contributed by atoms with Crippen LogP contribution in [0.15, 0.2) is 53.4 Å². The molecule has 31 heavy (non-hydrogen) atoms. The molecule has 2 aromatic rings. The molecule has 2 amide bonds.